The molecular formula is C17H16F2N2O5. The monoisotopic (exact) mass is 366 g/mol. The first-order valence-corrected chi connectivity index (χ1v) is 7.42. The van der Waals surface area contributed by atoms with E-state index in [0.29, 0.717) is 11.6 Å². The molecule has 0 saturated heterocycles. The third-order valence-corrected chi connectivity index (χ3v) is 3.60. The van der Waals surface area contributed by atoms with Crippen LogP contribution in [0.3, 0.4) is 0 Å². The van der Waals surface area contributed by atoms with Crippen molar-refractivity contribution >= 4 is 11.8 Å². The number of hydrogen-bond donors (Lipinski definition) is 5. The lowest BCUT2D eigenvalue weighted by Gasteiger charge is -2.14. The topological polar surface area (TPSA) is 119 Å². The van der Waals surface area contributed by atoms with Crippen molar-refractivity contribution in [2.75, 3.05) is 0 Å². The Kier molecular flexibility index (Phi) is 5.73. The van der Waals surface area contributed by atoms with Gasteiger partial charge in [0.05, 0.1) is 6.42 Å². The van der Waals surface area contributed by atoms with E-state index in [9.17, 15) is 33.7 Å². The van der Waals surface area contributed by atoms with Crippen LogP contribution in [0.25, 0.3) is 0 Å². The Labute approximate surface area is 146 Å². The fourth-order valence-electron chi connectivity index (χ4n) is 2.25. The minimum Gasteiger partial charge on any atom is -0.508 e. The molecule has 2 aromatic rings. The standard InChI is InChI=1S/C17H16F2N2O5/c1-8-4-10(22)6-14(23)11(8)7-15(24)20-21-17(26)16(25)9-2-3-12(18)13(19)5-9/h2-6,16,22-23,25H,7H2,1H3,(H,20,24)(H,21,26). The van der Waals surface area contributed by atoms with Crippen molar-refractivity contribution in [1.29, 1.82) is 0 Å². The van der Waals surface area contributed by atoms with Crippen molar-refractivity contribution < 1.29 is 33.7 Å². The Morgan fingerprint density at radius 3 is 2.38 bits per heavy atom. The van der Waals surface area contributed by atoms with E-state index >= 15 is 0 Å². The largest absolute Gasteiger partial charge is 0.508 e. The van der Waals surface area contributed by atoms with Gasteiger partial charge in [0.15, 0.2) is 17.7 Å². The van der Waals surface area contributed by atoms with Gasteiger partial charge in [0.1, 0.15) is 11.5 Å². The molecule has 138 valence electrons. The molecule has 0 heterocycles. The smallest absolute Gasteiger partial charge is 0.271 e. The third kappa shape index (κ3) is 4.45. The lowest BCUT2D eigenvalue weighted by atomic mass is 10.0. The second-order valence-corrected chi connectivity index (χ2v) is 5.55. The number of phenols is 2. The van der Waals surface area contributed by atoms with Gasteiger partial charge in [-0.1, -0.05) is 6.07 Å². The fraction of sp³-hybridized carbons (Fsp3) is 0.176. The summed E-state index contributed by atoms with van der Waals surface area (Å²) in [6, 6.07) is 4.88. The van der Waals surface area contributed by atoms with Gasteiger partial charge >= 0.3 is 0 Å². The average Bonchev–Trinajstić information content (AvgIpc) is 2.57. The molecule has 0 spiro atoms. The molecule has 2 rings (SSSR count). The summed E-state index contributed by atoms with van der Waals surface area (Å²) < 4.78 is 26.0. The van der Waals surface area contributed by atoms with Gasteiger partial charge in [0.2, 0.25) is 5.91 Å². The van der Waals surface area contributed by atoms with Crippen LogP contribution in [0.5, 0.6) is 11.5 Å². The number of aryl methyl sites for hydroxylation is 1. The third-order valence-electron chi connectivity index (χ3n) is 3.60. The summed E-state index contributed by atoms with van der Waals surface area (Å²) in [5, 5.41) is 28.9. The van der Waals surface area contributed by atoms with Gasteiger partial charge in [-0.25, -0.2) is 8.78 Å². The number of rotatable bonds is 4. The van der Waals surface area contributed by atoms with Gasteiger partial charge in [0.25, 0.3) is 5.91 Å². The fourth-order valence-corrected chi connectivity index (χ4v) is 2.25. The second-order valence-electron chi connectivity index (χ2n) is 5.55. The summed E-state index contributed by atoms with van der Waals surface area (Å²) in [6.07, 6.45) is -2.13. The molecule has 0 aliphatic carbocycles. The minimum absolute atomic E-state index is 0.160. The average molecular weight is 366 g/mol. The molecule has 0 aliphatic heterocycles. The number of phenolic OH excluding ortho intramolecular Hbond substituents is 2. The predicted molar refractivity (Wildman–Crippen MR) is 85.8 cm³/mol. The van der Waals surface area contributed by atoms with Crippen LogP contribution in [0.4, 0.5) is 8.78 Å². The molecule has 2 amide bonds. The molecule has 5 N–H and O–H groups in total. The van der Waals surface area contributed by atoms with Crippen molar-refractivity contribution in [3.63, 3.8) is 0 Å². The van der Waals surface area contributed by atoms with E-state index in [4.69, 9.17) is 0 Å². The van der Waals surface area contributed by atoms with E-state index in [-0.39, 0.29) is 29.0 Å². The molecule has 0 aliphatic rings. The van der Waals surface area contributed by atoms with E-state index in [2.05, 4.69) is 0 Å². The Hall–Kier alpha value is -3.20. The van der Waals surface area contributed by atoms with Gasteiger partial charge in [-0.2, -0.15) is 0 Å². The maximum absolute atomic E-state index is 13.1. The molecule has 7 nitrogen and oxygen atoms in total. The number of hydrazine groups is 1. The number of carbonyl (C=O) groups is 2. The molecular weight excluding hydrogens is 350 g/mol. The number of aromatic hydroxyl groups is 2. The number of halogens is 2. The van der Waals surface area contributed by atoms with Crippen molar-refractivity contribution in [3.05, 3.63) is 58.7 Å². The lowest BCUT2D eigenvalue weighted by Crippen LogP contribution is -2.44. The van der Waals surface area contributed by atoms with Crippen LogP contribution in [-0.2, 0) is 16.0 Å². The maximum atomic E-state index is 13.1. The molecule has 0 saturated carbocycles. The van der Waals surface area contributed by atoms with Gasteiger partial charge < -0.3 is 15.3 Å². The quantitative estimate of drug-likeness (QED) is 0.520. The zero-order valence-electron chi connectivity index (χ0n) is 13.6. The highest BCUT2D eigenvalue weighted by atomic mass is 19.2. The van der Waals surface area contributed by atoms with Crippen LogP contribution < -0.4 is 10.9 Å². The van der Waals surface area contributed by atoms with E-state index in [1.54, 1.807) is 6.92 Å². The Morgan fingerprint density at radius 2 is 1.77 bits per heavy atom. The first-order chi connectivity index (χ1) is 12.2. The normalized spacial score (nSPS) is 11.7. The van der Waals surface area contributed by atoms with Crippen molar-refractivity contribution in [1.82, 2.24) is 10.9 Å². The van der Waals surface area contributed by atoms with Crippen LogP contribution in [-0.4, -0.2) is 27.1 Å². The van der Waals surface area contributed by atoms with Gasteiger partial charge in [-0.3, -0.25) is 20.4 Å². The summed E-state index contributed by atoms with van der Waals surface area (Å²) in [5.41, 5.74) is 4.50. The molecule has 0 aromatic heterocycles. The molecule has 1 atom stereocenters. The zero-order chi connectivity index (χ0) is 19.4. The minimum atomic E-state index is -1.82. The highest BCUT2D eigenvalue weighted by Crippen LogP contribution is 2.27. The van der Waals surface area contributed by atoms with E-state index in [1.807, 2.05) is 10.9 Å². The number of amides is 2. The molecule has 26 heavy (non-hydrogen) atoms. The zero-order valence-corrected chi connectivity index (χ0v) is 13.6. The lowest BCUT2D eigenvalue weighted by molar-refractivity contribution is -0.134. The number of benzene rings is 2. The Balaban J connectivity index is 1.96. The van der Waals surface area contributed by atoms with Crippen LogP contribution in [0.15, 0.2) is 30.3 Å². The van der Waals surface area contributed by atoms with Gasteiger partial charge in [-0.05, 0) is 36.2 Å². The van der Waals surface area contributed by atoms with Crippen molar-refractivity contribution in [2.45, 2.75) is 19.4 Å². The number of nitrogens with one attached hydrogen (secondary N) is 2. The van der Waals surface area contributed by atoms with Crippen LogP contribution in [0.2, 0.25) is 0 Å². The van der Waals surface area contributed by atoms with E-state index < -0.39 is 29.6 Å². The summed E-state index contributed by atoms with van der Waals surface area (Å²) >= 11 is 0. The number of aliphatic hydroxyl groups is 1. The highest BCUT2D eigenvalue weighted by molar-refractivity contribution is 5.86. The molecule has 0 fully saturated rings. The first kappa shape index (κ1) is 19.1. The highest BCUT2D eigenvalue weighted by Gasteiger charge is 2.20. The molecule has 0 bridgehead atoms. The predicted octanol–water partition coefficient (Wildman–Crippen LogP) is 1.11. The number of carbonyl (C=O) groups excluding carboxylic acids is 2. The number of aliphatic hydroxyl groups excluding tert-OH is 1. The van der Waals surface area contributed by atoms with E-state index in [1.165, 1.54) is 6.07 Å². The van der Waals surface area contributed by atoms with Crippen molar-refractivity contribution in [3.8, 4) is 11.5 Å². The molecule has 1 unspecified atom stereocenters. The van der Waals surface area contributed by atoms with Crippen molar-refractivity contribution in [2.24, 2.45) is 0 Å². The summed E-state index contributed by atoms with van der Waals surface area (Å²) in [4.78, 5) is 23.7. The Bertz CT molecular complexity index is 834. The first-order valence-electron chi connectivity index (χ1n) is 7.42. The summed E-state index contributed by atoms with van der Waals surface area (Å²) in [5.74, 6) is -4.57. The summed E-state index contributed by atoms with van der Waals surface area (Å²) in [7, 11) is 0. The SMILES string of the molecule is Cc1cc(O)cc(O)c1CC(=O)NNC(=O)C(O)c1ccc(F)c(F)c1. The van der Waals surface area contributed by atoms with E-state index in [0.717, 1.165) is 18.2 Å². The Morgan fingerprint density at radius 1 is 1.08 bits per heavy atom. The molecule has 0 radical (unpaired) electrons. The van der Waals surface area contributed by atoms with Gasteiger partial charge in [-0.15, -0.1) is 0 Å². The van der Waals surface area contributed by atoms with Crippen LogP contribution >= 0.6 is 0 Å². The van der Waals surface area contributed by atoms with Crippen LogP contribution in [0.1, 0.15) is 22.8 Å². The van der Waals surface area contributed by atoms with Crippen LogP contribution in [0, 0.1) is 18.6 Å². The second kappa shape index (κ2) is 7.79. The molecule has 2 aromatic carbocycles. The summed E-state index contributed by atoms with van der Waals surface area (Å²) in [6.45, 7) is 1.58. The molecule has 9 heteroatoms. The number of hydrogen-bond acceptors (Lipinski definition) is 5. The van der Waals surface area contributed by atoms with Gasteiger partial charge in [0, 0.05) is 11.6 Å². The maximum Gasteiger partial charge on any atom is 0.271 e.